The monoisotopic (exact) mass is 152 g/mol. The second-order valence-corrected chi connectivity index (χ2v) is 3.94. The molecule has 1 nitrogen and oxygen atoms in total. The van der Waals surface area contributed by atoms with Gasteiger partial charge in [0, 0.05) is 12.1 Å². The van der Waals surface area contributed by atoms with Gasteiger partial charge in [0.25, 0.3) is 0 Å². The third kappa shape index (κ3) is 1.96. The average molecular weight is 152 g/mol. The van der Waals surface area contributed by atoms with Crippen molar-refractivity contribution >= 4 is 0 Å². The molecule has 0 amide bonds. The Labute approximate surface area is 69.6 Å². The van der Waals surface area contributed by atoms with E-state index < -0.39 is 0 Å². The highest BCUT2D eigenvalue weighted by Crippen LogP contribution is 2.27. The summed E-state index contributed by atoms with van der Waals surface area (Å²) in [6.45, 7) is 0. The zero-order valence-corrected chi connectivity index (χ0v) is 7.23. The van der Waals surface area contributed by atoms with Crippen LogP contribution in [0.2, 0.25) is 0 Å². The lowest BCUT2D eigenvalue weighted by molar-refractivity contribution is 0.318. The van der Waals surface area contributed by atoms with Gasteiger partial charge in [0.05, 0.1) is 0 Å². The van der Waals surface area contributed by atoms with Gasteiger partial charge in [0.15, 0.2) is 0 Å². The maximum absolute atomic E-state index is 3.67. The van der Waals surface area contributed by atoms with Crippen molar-refractivity contribution in [2.45, 2.75) is 57.4 Å². The van der Waals surface area contributed by atoms with E-state index in [-0.39, 0.29) is 0 Å². The lowest BCUT2D eigenvalue weighted by Gasteiger charge is -2.32. The molecular weight excluding hydrogens is 134 g/mol. The second-order valence-electron chi connectivity index (χ2n) is 3.94. The lowest BCUT2D eigenvalue weighted by Crippen LogP contribution is -2.38. The molecule has 0 aromatic rings. The third-order valence-electron chi connectivity index (χ3n) is 2.97. The summed E-state index contributed by atoms with van der Waals surface area (Å²) in [5.41, 5.74) is 0. The summed E-state index contributed by atoms with van der Waals surface area (Å²) >= 11 is 0. The fourth-order valence-corrected chi connectivity index (χ4v) is 1.96. The molecule has 1 radical (unpaired) electrons. The van der Waals surface area contributed by atoms with Crippen molar-refractivity contribution in [2.24, 2.45) is 0 Å². The molecule has 1 N–H and O–H groups in total. The van der Waals surface area contributed by atoms with Gasteiger partial charge in [-0.25, -0.2) is 0 Å². The van der Waals surface area contributed by atoms with Gasteiger partial charge in [-0.05, 0) is 25.7 Å². The molecule has 11 heavy (non-hydrogen) atoms. The molecule has 0 heterocycles. The standard InChI is InChI=1S/C10H18N/c1-2-5-9(6-3-1)11-10-7-4-8-10/h10-11H,1-8H2. The third-order valence-corrected chi connectivity index (χ3v) is 2.97. The molecule has 63 valence electrons. The van der Waals surface area contributed by atoms with Gasteiger partial charge in [-0.1, -0.05) is 25.7 Å². The van der Waals surface area contributed by atoms with E-state index in [1.54, 1.807) is 6.04 Å². The highest BCUT2D eigenvalue weighted by molar-refractivity contribution is 4.94. The Balaban J connectivity index is 1.67. The Kier molecular flexibility index (Phi) is 2.47. The lowest BCUT2D eigenvalue weighted by atomic mass is 9.89. The van der Waals surface area contributed by atoms with Crippen LogP contribution in [0.15, 0.2) is 0 Å². The Morgan fingerprint density at radius 3 is 2.18 bits per heavy atom. The minimum atomic E-state index is 0.864. The summed E-state index contributed by atoms with van der Waals surface area (Å²) in [5.74, 6) is 0. The average Bonchev–Trinajstić information content (AvgIpc) is 1.99. The molecule has 0 aromatic carbocycles. The Morgan fingerprint density at radius 1 is 0.909 bits per heavy atom. The normalized spacial score (nSPS) is 28.4. The van der Waals surface area contributed by atoms with Crippen LogP contribution in [-0.2, 0) is 0 Å². The van der Waals surface area contributed by atoms with Crippen molar-refractivity contribution in [3.8, 4) is 0 Å². The fraction of sp³-hybridized carbons (Fsp3) is 0.900. The first kappa shape index (κ1) is 7.60. The summed E-state index contributed by atoms with van der Waals surface area (Å²) in [6, 6.07) is 2.52. The van der Waals surface area contributed by atoms with Crippen LogP contribution in [0, 0.1) is 6.04 Å². The molecule has 0 saturated heterocycles. The molecule has 0 aliphatic heterocycles. The summed E-state index contributed by atoms with van der Waals surface area (Å²) in [4.78, 5) is 0. The zero-order chi connectivity index (χ0) is 7.52. The van der Waals surface area contributed by atoms with E-state index in [0.29, 0.717) is 0 Å². The maximum Gasteiger partial charge on any atom is 0.0366 e. The predicted molar refractivity (Wildman–Crippen MR) is 47.1 cm³/mol. The quantitative estimate of drug-likeness (QED) is 0.641. The highest BCUT2D eigenvalue weighted by atomic mass is 15.0. The van der Waals surface area contributed by atoms with E-state index in [0.717, 1.165) is 6.04 Å². The molecule has 0 bridgehead atoms. The largest absolute Gasteiger partial charge is 0.307 e. The molecule has 2 aliphatic carbocycles. The van der Waals surface area contributed by atoms with Crippen molar-refractivity contribution in [1.29, 1.82) is 0 Å². The van der Waals surface area contributed by atoms with E-state index in [1.807, 2.05) is 0 Å². The van der Waals surface area contributed by atoms with Crippen molar-refractivity contribution < 1.29 is 0 Å². The highest BCUT2D eigenvalue weighted by Gasteiger charge is 2.22. The van der Waals surface area contributed by atoms with Crippen molar-refractivity contribution in [3.63, 3.8) is 0 Å². The van der Waals surface area contributed by atoms with E-state index >= 15 is 0 Å². The van der Waals surface area contributed by atoms with Crippen molar-refractivity contribution in [2.75, 3.05) is 0 Å². The Hall–Kier alpha value is -0.0400. The van der Waals surface area contributed by atoms with Gasteiger partial charge in [0.1, 0.15) is 0 Å². The first-order valence-electron chi connectivity index (χ1n) is 5.06. The van der Waals surface area contributed by atoms with Crippen LogP contribution in [0.5, 0.6) is 0 Å². The van der Waals surface area contributed by atoms with Crippen LogP contribution in [0.25, 0.3) is 0 Å². The van der Waals surface area contributed by atoms with Crippen molar-refractivity contribution in [3.05, 3.63) is 6.04 Å². The van der Waals surface area contributed by atoms with E-state index in [9.17, 15) is 0 Å². The van der Waals surface area contributed by atoms with Gasteiger partial charge in [-0.15, -0.1) is 0 Å². The Morgan fingerprint density at radius 2 is 1.64 bits per heavy atom. The summed E-state index contributed by atoms with van der Waals surface area (Å²) in [5, 5.41) is 3.67. The molecule has 0 aromatic heterocycles. The van der Waals surface area contributed by atoms with Crippen LogP contribution < -0.4 is 5.32 Å². The first-order valence-corrected chi connectivity index (χ1v) is 5.06. The van der Waals surface area contributed by atoms with E-state index in [1.165, 1.54) is 51.4 Å². The van der Waals surface area contributed by atoms with Gasteiger partial charge in [0.2, 0.25) is 0 Å². The Bertz CT molecular complexity index is 112. The number of hydrogen-bond donors (Lipinski definition) is 1. The van der Waals surface area contributed by atoms with E-state index in [2.05, 4.69) is 5.32 Å². The number of rotatable bonds is 2. The van der Waals surface area contributed by atoms with Gasteiger partial charge >= 0.3 is 0 Å². The number of nitrogens with one attached hydrogen (secondary N) is 1. The fourth-order valence-electron chi connectivity index (χ4n) is 1.96. The van der Waals surface area contributed by atoms with Crippen LogP contribution in [0.1, 0.15) is 51.4 Å². The SMILES string of the molecule is C1CC[C](NC2CCC2)CC1. The van der Waals surface area contributed by atoms with Crippen LogP contribution in [-0.4, -0.2) is 6.04 Å². The molecule has 0 atom stereocenters. The van der Waals surface area contributed by atoms with Gasteiger partial charge in [-0.2, -0.15) is 0 Å². The molecule has 1 heteroatoms. The molecule has 2 saturated carbocycles. The summed E-state index contributed by atoms with van der Waals surface area (Å²) in [7, 11) is 0. The topological polar surface area (TPSA) is 12.0 Å². The molecule has 2 fully saturated rings. The minimum absolute atomic E-state index is 0.864. The molecule has 2 rings (SSSR count). The smallest absolute Gasteiger partial charge is 0.0366 e. The molecular formula is C10H18N. The molecule has 2 aliphatic rings. The first-order chi connectivity index (χ1) is 5.45. The maximum atomic E-state index is 3.67. The molecule has 0 unspecified atom stereocenters. The predicted octanol–water partition coefficient (Wildman–Crippen LogP) is 2.62. The van der Waals surface area contributed by atoms with Crippen molar-refractivity contribution in [1.82, 2.24) is 5.32 Å². The molecule has 0 spiro atoms. The summed E-state index contributed by atoms with van der Waals surface area (Å²) in [6.07, 6.45) is 11.3. The van der Waals surface area contributed by atoms with Gasteiger partial charge < -0.3 is 5.32 Å². The zero-order valence-electron chi connectivity index (χ0n) is 7.23. The van der Waals surface area contributed by atoms with Crippen LogP contribution in [0.3, 0.4) is 0 Å². The van der Waals surface area contributed by atoms with Gasteiger partial charge in [-0.3, -0.25) is 0 Å². The minimum Gasteiger partial charge on any atom is -0.307 e. The summed E-state index contributed by atoms with van der Waals surface area (Å²) < 4.78 is 0. The van der Waals surface area contributed by atoms with E-state index in [4.69, 9.17) is 0 Å². The van der Waals surface area contributed by atoms with Crippen LogP contribution >= 0.6 is 0 Å². The number of hydrogen-bond acceptors (Lipinski definition) is 1. The van der Waals surface area contributed by atoms with Crippen LogP contribution in [0.4, 0.5) is 0 Å². The second kappa shape index (κ2) is 3.57.